The first-order valence-corrected chi connectivity index (χ1v) is 7.62. The molecule has 5 nitrogen and oxygen atoms in total. The quantitative estimate of drug-likeness (QED) is 0.593. The summed E-state index contributed by atoms with van der Waals surface area (Å²) in [5, 5.41) is 0. The Morgan fingerprint density at radius 1 is 1.52 bits per heavy atom. The highest BCUT2D eigenvalue weighted by Crippen LogP contribution is 2.24. The Labute approximate surface area is 134 Å². The summed E-state index contributed by atoms with van der Waals surface area (Å²) in [5.74, 6) is 0.274. The number of imidazole rings is 1. The van der Waals surface area contributed by atoms with Crippen LogP contribution < -0.4 is 5.73 Å². The van der Waals surface area contributed by atoms with Gasteiger partial charge in [0.1, 0.15) is 18.2 Å². The zero-order chi connectivity index (χ0) is 15.4. The van der Waals surface area contributed by atoms with E-state index in [4.69, 9.17) is 22.1 Å². The first-order chi connectivity index (χ1) is 10.0. The Bertz CT molecular complexity index is 662. The number of aromatic nitrogens is 2. The molecule has 0 spiro atoms. The van der Waals surface area contributed by atoms with Crippen LogP contribution >= 0.6 is 27.5 Å². The summed E-state index contributed by atoms with van der Waals surface area (Å²) in [6.45, 7) is 0.579. The third kappa shape index (κ3) is 3.93. The largest absolute Gasteiger partial charge is 0.370 e. The summed E-state index contributed by atoms with van der Waals surface area (Å²) in [4.78, 5) is 15.1. The molecule has 0 aliphatic heterocycles. The van der Waals surface area contributed by atoms with Gasteiger partial charge in [0.25, 0.3) is 0 Å². The number of halogens is 3. The lowest BCUT2D eigenvalue weighted by Crippen LogP contribution is -2.20. The van der Waals surface area contributed by atoms with E-state index >= 15 is 0 Å². The predicted octanol–water partition coefficient (Wildman–Crippen LogP) is 2.22. The topological polar surface area (TPSA) is 70.1 Å². The van der Waals surface area contributed by atoms with Crippen LogP contribution in [0.2, 0.25) is 0 Å². The molecule has 114 valence electrons. The molecule has 2 aromatic rings. The van der Waals surface area contributed by atoms with Crippen molar-refractivity contribution in [2.24, 2.45) is 5.73 Å². The standard InChI is InChI=1S/C13H14BrClFN3O2/c14-8-5-10-11(6-9(8)16)19(13(18-10)1-2-15)3-4-21-7-12(17)20/h5-6H,1-4,7H2,(H2,17,20). The van der Waals surface area contributed by atoms with Crippen LogP contribution in [0.4, 0.5) is 4.39 Å². The Balaban J connectivity index is 2.27. The van der Waals surface area contributed by atoms with Gasteiger partial charge in [0.05, 0.1) is 22.1 Å². The average Bonchev–Trinajstić information content (AvgIpc) is 2.73. The number of carbonyl (C=O) groups is 1. The second kappa shape index (κ2) is 7.20. The maximum Gasteiger partial charge on any atom is 0.243 e. The minimum atomic E-state index is -0.526. The van der Waals surface area contributed by atoms with Gasteiger partial charge in [-0.05, 0) is 22.0 Å². The number of alkyl halides is 1. The lowest BCUT2D eigenvalue weighted by Gasteiger charge is -2.09. The van der Waals surface area contributed by atoms with Crippen LogP contribution in [0.15, 0.2) is 16.6 Å². The molecule has 8 heteroatoms. The van der Waals surface area contributed by atoms with Gasteiger partial charge in [0, 0.05) is 24.9 Å². The molecule has 2 N–H and O–H groups in total. The highest BCUT2D eigenvalue weighted by Gasteiger charge is 2.13. The zero-order valence-electron chi connectivity index (χ0n) is 11.1. The van der Waals surface area contributed by atoms with E-state index in [1.54, 1.807) is 6.07 Å². The molecule has 0 radical (unpaired) electrons. The van der Waals surface area contributed by atoms with Crippen molar-refractivity contribution in [1.29, 1.82) is 0 Å². The number of hydrogen-bond donors (Lipinski definition) is 1. The van der Waals surface area contributed by atoms with E-state index in [-0.39, 0.29) is 19.0 Å². The number of ether oxygens (including phenoxy) is 1. The molecule has 0 fully saturated rings. The van der Waals surface area contributed by atoms with Gasteiger partial charge < -0.3 is 15.0 Å². The van der Waals surface area contributed by atoms with Gasteiger partial charge in [0.15, 0.2) is 0 Å². The minimum absolute atomic E-state index is 0.141. The first kappa shape index (κ1) is 16.2. The summed E-state index contributed by atoms with van der Waals surface area (Å²) >= 11 is 8.91. The van der Waals surface area contributed by atoms with Crippen molar-refractivity contribution in [2.45, 2.75) is 13.0 Å². The highest BCUT2D eigenvalue weighted by atomic mass is 79.9. The Morgan fingerprint density at radius 2 is 2.29 bits per heavy atom. The van der Waals surface area contributed by atoms with Gasteiger partial charge in [-0.25, -0.2) is 9.37 Å². The molecule has 0 aliphatic rings. The third-order valence-corrected chi connectivity index (χ3v) is 3.69. The normalized spacial score (nSPS) is 11.2. The van der Waals surface area contributed by atoms with Crippen LogP contribution in [0.1, 0.15) is 5.82 Å². The smallest absolute Gasteiger partial charge is 0.243 e. The molecule has 0 aliphatic carbocycles. The van der Waals surface area contributed by atoms with Crippen molar-refractivity contribution in [3.8, 4) is 0 Å². The number of hydrogen-bond acceptors (Lipinski definition) is 3. The molecule has 0 atom stereocenters. The van der Waals surface area contributed by atoms with Crippen LogP contribution in [0, 0.1) is 5.82 Å². The molecule has 0 saturated carbocycles. The maximum absolute atomic E-state index is 13.7. The Kier molecular flexibility index (Phi) is 5.55. The Morgan fingerprint density at radius 3 is 2.95 bits per heavy atom. The number of fused-ring (bicyclic) bond motifs is 1. The van der Waals surface area contributed by atoms with Crippen molar-refractivity contribution in [3.05, 3.63) is 28.2 Å². The highest BCUT2D eigenvalue weighted by molar-refractivity contribution is 9.10. The first-order valence-electron chi connectivity index (χ1n) is 6.29. The minimum Gasteiger partial charge on any atom is -0.370 e. The zero-order valence-corrected chi connectivity index (χ0v) is 13.5. The number of aryl methyl sites for hydroxylation is 1. The molecule has 0 bridgehead atoms. The summed E-state index contributed by atoms with van der Waals surface area (Å²) in [7, 11) is 0. The van der Waals surface area contributed by atoms with E-state index in [2.05, 4.69) is 20.9 Å². The molecule has 0 saturated heterocycles. The number of nitrogens with zero attached hydrogens (tertiary/aromatic N) is 2. The molecule has 1 heterocycles. The fraction of sp³-hybridized carbons (Fsp3) is 0.385. The average molecular weight is 379 g/mol. The van der Waals surface area contributed by atoms with Crippen LogP contribution in [0.25, 0.3) is 11.0 Å². The molecule has 2 rings (SSSR count). The van der Waals surface area contributed by atoms with Crippen molar-refractivity contribution in [1.82, 2.24) is 9.55 Å². The number of benzene rings is 1. The second-order valence-electron chi connectivity index (χ2n) is 4.39. The van der Waals surface area contributed by atoms with Crippen LogP contribution in [-0.2, 0) is 22.5 Å². The number of rotatable bonds is 7. The van der Waals surface area contributed by atoms with E-state index in [1.807, 2.05) is 4.57 Å². The van der Waals surface area contributed by atoms with E-state index in [0.717, 1.165) is 5.82 Å². The summed E-state index contributed by atoms with van der Waals surface area (Å²) in [5.41, 5.74) is 6.35. The van der Waals surface area contributed by atoms with Gasteiger partial charge in [-0.2, -0.15) is 0 Å². The van der Waals surface area contributed by atoms with Gasteiger partial charge in [-0.3, -0.25) is 4.79 Å². The summed E-state index contributed by atoms with van der Waals surface area (Å²) < 4.78 is 21.1. The second-order valence-corrected chi connectivity index (χ2v) is 5.62. The number of nitrogens with two attached hydrogens (primary N) is 1. The summed E-state index contributed by atoms with van der Waals surface area (Å²) in [6.07, 6.45) is 0.561. The van der Waals surface area contributed by atoms with Gasteiger partial charge in [0.2, 0.25) is 5.91 Å². The third-order valence-electron chi connectivity index (χ3n) is 2.89. The molecular weight excluding hydrogens is 365 g/mol. The Hall–Kier alpha value is -1.18. The van der Waals surface area contributed by atoms with Crippen molar-refractivity contribution in [3.63, 3.8) is 0 Å². The van der Waals surface area contributed by atoms with Crippen molar-refractivity contribution < 1.29 is 13.9 Å². The van der Waals surface area contributed by atoms with Crippen molar-refractivity contribution in [2.75, 3.05) is 19.1 Å². The molecular formula is C13H14BrClFN3O2. The lowest BCUT2D eigenvalue weighted by atomic mass is 10.3. The van der Waals surface area contributed by atoms with Gasteiger partial charge in [-0.15, -0.1) is 11.6 Å². The van der Waals surface area contributed by atoms with E-state index in [1.165, 1.54) is 6.07 Å². The SMILES string of the molecule is NC(=O)COCCn1c(CCCl)nc2cc(Br)c(F)cc21. The molecule has 1 amide bonds. The molecule has 0 unspecified atom stereocenters. The lowest BCUT2D eigenvalue weighted by molar-refractivity contribution is -0.122. The van der Waals surface area contributed by atoms with E-state index in [9.17, 15) is 9.18 Å². The van der Waals surface area contributed by atoms with Gasteiger partial charge >= 0.3 is 0 Å². The molecule has 21 heavy (non-hydrogen) atoms. The number of amides is 1. The van der Waals surface area contributed by atoms with Crippen LogP contribution in [0.5, 0.6) is 0 Å². The fourth-order valence-electron chi connectivity index (χ4n) is 2.02. The monoisotopic (exact) mass is 377 g/mol. The summed E-state index contributed by atoms with van der Waals surface area (Å²) in [6, 6.07) is 3.04. The van der Waals surface area contributed by atoms with E-state index in [0.29, 0.717) is 34.4 Å². The van der Waals surface area contributed by atoms with Crippen LogP contribution in [0.3, 0.4) is 0 Å². The predicted molar refractivity (Wildman–Crippen MR) is 81.8 cm³/mol. The number of carbonyl (C=O) groups excluding carboxylic acids is 1. The molecule has 1 aromatic heterocycles. The number of primary amides is 1. The fourth-order valence-corrected chi connectivity index (χ4v) is 2.52. The maximum atomic E-state index is 13.7. The molecule has 1 aromatic carbocycles. The van der Waals surface area contributed by atoms with Gasteiger partial charge in [-0.1, -0.05) is 0 Å². The van der Waals surface area contributed by atoms with Crippen molar-refractivity contribution >= 4 is 44.5 Å². The van der Waals surface area contributed by atoms with E-state index < -0.39 is 5.91 Å². The van der Waals surface area contributed by atoms with Crippen LogP contribution in [-0.4, -0.2) is 34.6 Å².